The molecule has 7 nitrogen and oxygen atoms in total. The molecule has 156 valence electrons. The third-order valence-corrected chi connectivity index (χ3v) is 5.56. The zero-order chi connectivity index (χ0) is 21.5. The fourth-order valence-corrected chi connectivity index (χ4v) is 3.94. The van der Waals surface area contributed by atoms with E-state index in [4.69, 9.17) is 4.74 Å². The van der Waals surface area contributed by atoms with E-state index in [-0.39, 0.29) is 5.78 Å². The predicted octanol–water partition coefficient (Wildman–Crippen LogP) is 3.54. The Morgan fingerprint density at radius 3 is 2.55 bits per heavy atom. The van der Waals surface area contributed by atoms with Crippen molar-refractivity contribution in [2.24, 2.45) is 0 Å². The predicted molar refractivity (Wildman–Crippen MR) is 112 cm³/mol. The Morgan fingerprint density at radius 1 is 1.10 bits per heavy atom. The fraction of sp³-hybridized carbons (Fsp3) is 0.174. The van der Waals surface area contributed by atoms with Gasteiger partial charge < -0.3 is 9.30 Å². The second-order valence-corrected chi connectivity index (χ2v) is 7.34. The molecule has 1 unspecified atom stereocenters. The number of ether oxygens (including phenoxy) is 1. The van der Waals surface area contributed by atoms with Gasteiger partial charge in [-0.15, -0.1) is 0 Å². The first-order chi connectivity index (χ1) is 15.1. The number of hydrogen-bond donors (Lipinski definition) is 1. The molecule has 1 N–H and O–H groups in total. The van der Waals surface area contributed by atoms with Gasteiger partial charge in [-0.25, -0.2) is 14.4 Å². The Balaban J connectivity index is 1.50. The number of carbonyl (C=O) groups excluding carboxylic acids is 1. The SMILES string of the molecule is COc1ccc(-n2cnc3c2C(=O)C(c2ccc(-n4ccnc4C)cc2F)NC3)cc1. The zero-order valence-corrected chi connectivity index (χ0v) is 17.0. The molecule has 0 amide bonds. The maximum Gasteiger partial charge on any atom is 0.203 e. The number of aryl methyl sites for hydroxylation is 1. The first-order valence-electron chi connectivity index (χ1n) is 9.85. The molecule has 0 saturated carbocycles. The van der Waals surface area contributed by atoms with Crippen LogP contribution in [0.2, 0.25) is 0 Å². The molecule has 1 aliphatic rings. The fourth-order valence-electron chi connectivity index (χ4n) is 3.94. The van der Waals surface area contributed by atoms with E-state index in [1.54, 1.807) is 47.1 Å². The summed E-state index contributed by atoms with van der Waals surface area (Å²) in [5, 5.41) is 3.13. The normalized spacial score (nSPS) is 15.7. The molecule has 2 aromatic heterocycles. The molecule has 3 heterocycles. The van der Waals surface area contributed by atoms with Crippen LogP contribution in [0.4, 0.5) is 4.39 Å². The smallest absolute Gasteiger partial charge is 0.203 e. The number of Topliss-reactive ketones (excluding diaryl/α,β-unsaturated/α-hetero) is 1. The topological polar surface area (TPSA) is 74.0 Å². The van der Waals surface area contributed by atoms with Gasteiger partial charge in [0.05, 0.1) is 12.8 Å². The highest BCUT2D eigenvalue weighted by Crippen LogP contribution is 2.30. The molecule has 4 aromatic rings. The van der Waals surface area contributed by atoms with Crippen LogP contribution in [-0.4, -0.2) is 32.0 Å². The van der Waals surface area contributed by atoms with Crippen LogP contribution in [0.3, 0.4) is 0 Å². The summed E-state index contributed by atoms with van der Waals surface area (Å²) < 4.78 is 23.8. The lowest BCUT2D eigenvalue weighted by molar-refractivity contribution is 0.0920. The lowest BCUT2D eigenvalue weighted by Crippen LogP contribution is -2.36. The number of hydrogen-bond acceptors (Lipinski definition) is 5. The minimum absolute atomic E-state index is 0.222. The minimum atomic E-state index is -0.792. The van der Waals surface area contributed by atoms with E-state index in [0.29, 0.717) is 29.2 Å². The molecule has 0 spiro atoms. The number of nitrogens with one attached hydrogen (secondary N) is 1. The number of fused-ring (bicyclic) bond motifs is 1. The summed E-state index contributed by atoms with van der Waals surface area (Å²) in [6.07, 6.45) is 5.05. The standard InChI is InChI=1S/C23H20FN5O2/c1-14-25-9-10-28(14)16-5-8-18(19(24)11-16)21-23(30)22-20(12-26-21)27-13-29(22)15-3-6-17(31-2)7-4-15/h3-11,13,21,26H,12H2,1-2H3. The van der Waals surface area contributed by atoms with Gasteiger partial charge in [-0.05, 0) is 43.3 Å². The van der Waals surface area contributed by atoms with Crippen molar-refractivity contribution in [3.8, 4) is 17.1 Å². The van der Waals surface area contributed by atoms with Gasteiger partial charge in [0.2, 0.25) is 5.78 Å². The number of nitrogens with zero attached hydrogens (tertiary/aromatic N) is 4. The van der Waals surface area contributed by atoms with Gasteiger partial charge in [-0.3, -0.25) is 14.7 Å². The molecule has 5 rings (SSSR count). The Morgan fingerprint density at radius 2 is 1.87 bits per heavy atom. The van der Waals surface area contributed by atoms with Gasteiger partial charge in [0.1, 0.15) is 35.5 Å². The highest BCUT2D eigenvalue weighted by atomic mass is 19.1. The van der Waals surface area contributed by atoms with Crippen molar-refractivity contribution in [2.75, 3.05) is 7.11 Å². The van der Waals surface area contributed by atoms with Crippen LogP contribution >= 0.6 is 0 Å². The van der Waals surface area contributed by atoms with Crippen LogP contribution < -0.4 is 10.1 Å². The van der Waals surface area contributed by atoms with E-state index >= 15 is 4.39 Å². The lowest BCUT2D eigenvalue weighted by atomic mass is 9.95. The lowest BCUT2D eigenvalue weighted by Gasteiger charge is -2.24. The van der Waals surface area contributed by atoms with Crippen LogP contribution in [0.15, 0.2) is 61.2 Å². The average Bonchev–Trinajstić information content (AvgIpc) is 3.41. The minimum Gasteiger partial charge on any atom is -0.497 e. The number of rotatable bonds is 4. The molecule has 0 bridgehead atoms. The van der Waals surface area contributed by atoms with E-state index in [9.17, 15) is 4.79 Å². The second kappa shape index (κ2) is 7.48. The van der Waals surface area contributed by atoms with Crippen molar-refractivity contribution >= 4 is 5.78 Å². The third kappa shape index (κ3) is 3.21. The van der Waals surface area contributed by atoms with Crippen molar-refractivity contribution < 1.29 is 13.9 Å². The van der Waals surface area contributed by atoms with E-state index in [0.717, 1.165) is 17.3 Å². The zero-order valence-electron chi connectivity index (χ0n) is 17.0. The average molecular weight is 417 g/mol. The number of carbonyl (C=O) groups is 1. The maximum absolute atomic E-state index is 15.1. The van der Waals surface area contributed by atoms with Crippen LogP contribution in [0.5, 0.6) is 5.75 Å². The van der Waals surface area contributed by atoms with Gasteiger partial charge in [0.25, 0.3) is 0 Å². The molecule has 0 fully saturated rings. The van der Waals surface area contributed by atoms with Gasteiger partial charge in [-0.1, -0.05) is 6.07 Å². The van der Waals surface area contributed by atoms with Crippen LogP contribution in [0.25, 0.3) is 11.4 Å². The highest BCUT2D eigenvalue weighted by molar-refractivity contribution is 6.01. The number of aromatic nitrogens is 4. The van der Waals surface area contributed by atoms with Crippen molar-refractivity contribution in [1.29, 1.82) is 0 Å². The largest absolute Gasteiger partial charge is 0.497 e. The molecule has 31 heavy (non-hydrogen) atoms. The summed E-state index contributed by atoms with van der Waals surface area (Å²) in [6.45, 7) is 2.22. The number of benzene rings is 2. The second-order valence-electron chi connectivity index (χ2n) is 7.34. The summed E-state index contributed by atoms with van der Waals surface area (Å²) in [6, 6.07) is 11.4. The number of imidazole rings is 2. The molecule has 0 aliphatic carbocycles. The maximum atomic E-state index is 15.1. The van der Waals surface area contributed by atoms with Gasteiger partial charge >= 0.3 is 0 Å². The summed E-state index contributed by atoms with van der Waals surface area (Å²) in [7, 11) is 1.60. The number of methoxy groups -OCH3 is 1. The summed E-state index contributed by atoms with van der Waals surface area (Å²) >= 11 is 0. The molecular weight excluding hydrogens is 397 g/mol. The van der Waals surface area contributed by atoms with Gasteiger partial charge in [-0.2, -0.15) is 0 Å². The summed E-state index contributed by atoms with van der Waals surface area (Å²) in [5.74, 6) is 0.807. The molecule has 0 radical (unpaired) electrons. The highest BCUT2D eigenvalue weighted by Gasteiger charge is 2.34. The number of halogens is 1. The van der Waals surface area contributed by atoms with Crippen LogP contribution in [0, 0.1) is 12.7 Å². The van der Waals surface area contributed by atoms with Crippen molar-refractivity contribution in [3.05, 3.63) is 89.8 Å². The molecule has 1 atom stereocenters. The molecule has 0 saturated heterocycles. The first kappa shape index (κ1) is 19.2. The summed E-state index contributed by atoms with van der Waals surface area (Å²) in [4.78, 5) is 21.9. The number of ketones is 1. The monoisotopic (exact) mass is 417 g/mol. The molecule has 1 aliphatic heterocycles. The molecule has 8 heteroatoms. The van der Waals surface area contributed by atoms with Gasteiger partial charge in [0.15, 0.2) is 0 Å². The Hall–Kier alpha value is -3.78. The molecular formula is C23H20FN5O2. The van der Waals surface area contributed by atoms with E-state index in [1.807, 2.05) is 31.2 Å². The Kier molecular flexibility index (Phi) is 4.63. The van der Waals surface area contributed by atoms with E-state index in [1.165, 1.54) is 6.07 Å². The van der Waals surface area contributed by atoms with Crippen molar-refractivity contribution in [1.82, 2.24) is 24.4 Å². The first-order valence-corrected chi connectivity index (χ1v) is 9.85. The quantitative estimate of drug-likeness (QED) is 0.550. The third-order valence-electron chi connectivity index (χ3n) is 5.56. The van der Waals surface area contributed by atoms with Crippen molar-refractivity contribution in [2.45, 2.75) is 19.5 Å². The van der Waals surface area contributed by atoms with Gasteiger partial charge in [0, 0.05) is 35.9 Å². The van der Waals surface area contributed by atoms with Crippen LogP contribution in [0.1, 0.15) is 33.6 Å². The summed E-state index contributed by atoms with van der Waals surface area (Å²) in [5.41, 5.74) is 2.85. The van der Waals surface area contributed by atoms with Crippen LogP contribution in [-0.2, 0) is 6.54 Å². The Labute approximate surface area is 178 Å². The van der Waals surface area contributed by atoms with E-state index < -0.39 is 11.9 Å². The Bertz CT molecular complexity index is 1280. The molecule has 2 aromatic carbocycles. The van der Waals surface area contributed by atoms with Crippen molar-refractivity contribution in [3.63, 3.8) is 0 Å². The van der Waals surface area contributed by atoms with E-state index in [2.05, 4.69) is 15.3 Å².